The van der Waals surface area contributed by atoms with E-state index in [4.69, 9.17) is 11.6 Å². The van der Waals surface area contributed by atoms with E-state index in [-0.39, 0.29) is 28.7 Å². The molecule has 14 heavy (non-hydrogen) atoms. The van der Waals surface area contributed by atoms with Crippen molar-refractivity contribution in [1.82, 2.24) is 10.4 Å². The van der Waals surface area contributed by atoms with Crippen LogP contribution in [0.25, 0.3) is 0 Å². The summed E-state index contributed by atoms with van der Waals surface area (Å²) >= 11 is 6.20. The summed E-state index contributed by atoms with van der Waals surface area (Å²) in [4.78, 5) is 12.0. The largest absolute Gasteiger partial charge is 0.297 e. The molecule has 4 heteroatoms. The zero-order valence-corrected chi connectivity index (χ0v) is 10.2. The molecule has 3 atom stereocenters. The maximum absolute atomic E-state index is 12.0. The molecule has 1 N–H and O–H groups in total. The Bertz CT molecular complexity index is 237. The van der Waals surface area contributed by atoms with Gasteiger partial charge in [-0.25, -0.2) is 10.4 Å². The molecule has 0 amide bonds. The Labute approximate surface area is 90.8 Å². The minimum Gasteiger partial charge on any atom is -0.297 e. The van der Waals surface area contributed by atoms with Crippen LogP contribution in [0.4, 0.5) is 0 Å². The first-order valence-electron chi connectivity index (χ1n) is 4.92. The molecule has 1 saturated heterocycles. The van der Waals surface area contributed by atoms with Gasteiger partial charge in [0.1, 0.15) is 0 Å². The number of carbonyl (C=O) groups is 1. The Kier molecular flexibility index (Phi) is 3.24. The standard InChI is InChI=1S/C10H19ClN2O/c1-6-7(11)8(12-13(6)5)9(14)10(2,3)4/h6-8,12H,1-5H3. The van der Waals surface area contributed by atoms with Crippen LogP contribution in [0.3, 0.4) is 0 Å². The molecule has 0 aliphatic carbocycles. The van der Waals surface area contributed by atoms with Crippen LogP contribution in [0.5, 0.6) is 0 Å². The Morgan fingerprint density at radius 2 is 1.93 bits per heavy atom. The maximum Gasteiger partial charge on any atom is 0.157 e. The number of halogens is 1. The third-order valence-corrected chi connectivity index (χ3v) is 3.37. The lowest BCUT2D eigenvalue weighted by Gasteiger charge is -2.23. The highest BCUT2D eigenvalue weighted by Gasteiger charge is 2.43. The number of nitrogens with one attached hydrogen (secondary N) is 1. The summed E-state index contributed by atoms with van der Waals surface area (Å²) in [5, 5.41) is 1.76. The van der Waals surface area contributed by atoms with E-state index in [1.807, 2.05) is 39.8 Å². The molecule has 3 unspecified atom stereocenters. The van der Waals surface area contributed by atoms with E-state index < -0.39 is 0 Å². The molecular formula is C10H19ClN2O. The Balaban J connectivity index is 2.77. The summed E-state index contributed by atoms with van der Waals surface area (Å²) in [6, 6.07) is -0.0652. The monoisotopic (exact) mass is 218 g/mol. The van der Waals surface area contributed by atoms with Gasteiger partial charge in [-0.05, 0) is 6.92 Å². The second kappa shape index (κ2) is 3.80. The fourth-order valence-corrected chi connectivity index (χ4v) is 1.91. The van der Waals surface area contributed by atoms with Gasteiger partial charge in [-0.1, -0.05) is 20.8 Å². The number of alkyl halides is 1. The minimum atomic E-state index is -0.338. The third kappa shape index (κ3) is 2.10. The second-order valence-electron chi connectivity index (χ2n) is 5.02. The first kappa shape index (κ1) is 12.0. The van der Waals surface area contributed by atoms with Gasteiger partial charge in [0.25, 0.3) is 0 Å². The lowest BCUT2D eigenvalue weighted by atomic mass is 9.85. The molecule has 1 heterocycles. The molecule has 1 rings (SSSR count). The average molecular weight is 219 g/mol. The molecule has 3 nitrogen and oxygen atoms in total. The van der Waals surface area contributed by atoms with Crippen LogP contribution in [-0.2, 0) is 4.79 Å². The molecule has 82 valence electrons. The summed E-state index contributed by atoms with van der Waals surface area (Å²) < 4.78 is 0. The van der Waals surface area contributed by atoms with Gasteiger partial charge in [-0.2, -0.15) is 0 Å². The van der Waals surface area contributed by atoms with Crippen LogP contribution in [0.2, 0.25) is 0 Å². The number of hydrazine groups is 1. The van der Waals surface area contributed by atoms with Gasteiger partial charge in [0.05, 0.1) is 11.4 Å². The van der Waals surface area contributed by atoms with Crippen molar-refractivity contribution in [3.05, 3.63) is 0 Å². The Hall–Kier alpha value is -0.120. The van der Waals surface area contributed by atoms with E-state index in [0.29, 0.717) is 0 Å². The zero-order chi connectivity index (χ0) is 11.1. The molecule has 0 saturated carbocycles. The van der Waals surface area contributed by atoms with Gasteiger partial charge in [-0.15, -0.1) is 11.6 Å². The van der Waals surface area contributed by atoms with Crippen molar-refractivity contribution in [3.63, 3.8) is 0 Å². The summed E-state index contributed by atoms with van der Waals surface area (Å²) in [6.07, 6.45) is 0. The van der Waals surface area contributed by atoms with Crippen molar-refractivity contribution >= 4 is 17.4 Å². The normalized spacial score (nSPS) is 34.9. The van der Waals surface area contributed by atoms with Gasteiger partial charge in [-0.3, -0.25) is 4.79 Å². The molecule has 1 fully saturated rings. The van der Waals surface area contributed by atoms with Crippen LogP contribution in [0.15, 0.2) is 0 Å². The molecule has 1 aliphatic heterocycles. The van der Waals surface area contributed by atoms with Crippen molar-refractivity contribution in [2.45, 2.75) is 45.2 Å². The number of rotatable bonds is 1. The quantitative estimate of drug-likeness (QED) is 0.676. The molecule has 0 radical (unpaired) electrons. The fourth-order valence-electron chi connectivity index (χ4n) is 1.57. The van der Waals surface area contributed by atoms with Crippen LogP contribution < -0.4 is 5.43 Å². The number of ketones is 1. The fraction of sp³-hybridized carbons (Fsp3) is 0.900. The number of nitrogens with zero attached hydrogens (tertiary/aromatic N) is 1. The average Bonchev–Trinajstić information content (AvgIpc) is 2.30. The van der Waals surface area contributed by atoms with Crippen molar-refractivity contribution in [2.75, 3.05) is 7.05 Å². The van der Waals surface area contributed by atoms with Crippen LogP contribution >= 0.6 is 11.6 Å². The van der Waals surface area contributed by atoms with Gasteiger partial charge in [0, 0.05) is 18.5 Å². The summed E-state index contributed by atoms with van der Waals surface area (Å²) in [7, 11) is 1.91. The van der Waals surface area contributed by atoms with E-state index in [2.05, 4.69) is 5.43 Å². The van der Waals surface area contributed by atoms with Gasteiger partial charge >= 0.3 is 0 Å². The summed E-state index contributed by atoms with van der Waals surface area (Å²) in [6.45, 7) is 7.78. The number of hydrogen-bond donors (Lipinski definition) is 1. The van der Waals surface area contributed by atoms with Gasteiger partial charge in [0.15, 0.2) is 5.78 Å². The van der Waals surface area contributed by atoms with Crippen LogP contribution in [0.1, 0.15) is 27.7 Å². The van der Waals surface area contributed by atoms with E-state index in [1.165, 1.54) is 0 Å². The molecule has 0 aromatic heterocycles. The molecule has 0 aromatic rings. The predicted octanol–water partition coefficient (Wildman–Crippen LogP) is 1.42. The van der Waals surface area contributed by atoms with Crippen molar-refractivity contribution < 1.29 is 4.79 Å². The molecule has 0 spiro atoms. The van der Waals surface area contributed by atoms with Crippen LogP contribution in [-0.4, -0.2) is 35.3 Å². The van der Waals surface area contributed by atoms with E-state index >= 15 is 0 Å². The van der Waals surface area contributed by atoms with Crippen LogP contribution in [0, 0.1) is 5.41 Å². The second-order valence-corrected chi connectivity index (χ2v) is 5.52. The Morgan fingerprint density at radius 1 is 1.43 bits per heavy atom. The highest BCUT2D eigenvalue weighted by atomic mass is 35.5. The number of hydrogen-bond acceptors (Lipinski definition) is 3. The lowest BCUT2D eigenvalue weighted by molar-refractivity contribution is -0.128. The van der Waals surface area contributed by atoms with Crippen molar-refractivity contribution in [1.29, 1.82) is 0 Å². The van der Waals surface area contributed by atoms with Crippen molar-refractivity contribution in [2.24, 2.45) is 5.41 Å². The van der Waals surface area contributed by atoms with Crippen molar-refractivity contribution in [3.8, 4) is 0 Å². The highest BCUT2D eigenvalue weighted by molar-refractivity contribution is 6.23. The van der Waals surface area contributed by atoms with E-state index in [9.17, 15) is 4.79 Å². The predicted molar refractivity (Wildman–Crippen MR) is 58.3 cm³/mol. The molecule has 0 bridgehead atoms. The number of carbonyl (C=O) groups excluding carboxylic acids is 1. The molecular weight excluding hydrogens is 200 g/mol. The van der Waals surface area contributed by atoms with E-state index in [0.717, 1.165) is 0 Å². The highest BCUT2D eigenvalue weighted by Crippen LogP contribution is 2.26. The lowest BCUT2D eigenvalue weighted by Crippen LogP contribution is -2.45. The SMILES string of the molecule is CC1C(Cl)C(C(=O)C(C)(C)C)NN1C. The maximum atomic E-state index is 12.0. The zero-order valence-electron chi connectivity index (χ0n) is 9.47. The first-order chi connectivity index (χ1) is 6.25. The molecule has 0 aromatic carbocycles. The number of Topliss-reactive ketones (excluding diaryl/α,β-unsaturated/α-hetero) is 1. The van der Waals surface area contributed by atoms with E-state index in [1.54, 1.807) is 0 Å². The topological polar surface area (TPSA) is 32.3 Å². The minimum absolute atomic E-state index is 0.147. The smallest absolute Gasteiger partial charge is 0.157 e. The first-order valence-corrected chi connectivity index (χ1v) is 5.36. The molecule has 1 aliphatic rings. The summed E-state index contributed by atoms with van der Waals surface area (Å²) in [5.74, 6) is 0.175. The third-order valence-electron chi connectivity index (χ3n) is 2.75. The summed E-state index contributed by atoms with van der Waals surface area (Å²) in [5.41, 5.74) is 2.77. The Morgan fingerprint density at radius 3 is 2.21 bits per heavy atom. The van der Waals surface area contributed by atoms with Gasteiger partial charge < -0.3 is 0 Å². The van der Waals surface area contributed by atoms with Gasteiger partial charge in [0.2, 0.25) is 0 Å².